The zero-order valence-electron chi connectivity index (χ0n) is 10.2. The van der Waals surface area contributed by atoms with Crippen molar-refractivity contribution < 1.29 is 14.7 Å². The summed E-state index contributed by atoms with van der Waals surface area (Å²) in [5, 5.41) is 19.2. The molecule has 2 aromatic rings. The standard InChI is InChI=1S/C11H7BrIN3O3S2/c12-7-2-1-5(13)3-6(7)9(19)14-10-15-16-11(21-10)20-4-8(17)18/h1-3H,4H2,(H,17,18)(H,14,15,19). The number of rotatable bonds is 5. The predicted octanol–water partition coefficient (Wildman–Crippen LogP) is 3.33. The van der Waals surface area contributed by atoms with E-state index in [4.69, 9.17) is 5.11 Å². The molecule has 0 saturated carbocycles. The number of benzene rings is 1. The van der Waals surface area contributed by atoms with Crippen LogP contribution in [-0.2, 0) is 4.79 Å². The first-order valence-corrected chi connectivity index (χ1v) is 9.07. The van der Waals surface area contributed by atoms with Crippen molar-refractivity contribution in [2.75, 3.05) is 11.1 Å². The molecule has 10 heteroatoms. The quantitative estimate of drug-likeness (QED) is 0.372. The Labute approximate surface area is 150 Å². The molecule has 0 aliphatic rings. The number of hydrogen-bond acceptors (Lipinski definition) is 6. The Morgan fingerprint density at radius 2 is 2.19 bits per heavy atom. The lowest BCUT2D eigenvalue weighted by Gasteiger charge is -2.04. The molecule has 0 aliphatic heterocycles. The normalized spacial score (nSPS) is 10.4. The molecule has 1 heterocycles. The van der Waals surface area contributed by atoms with E-state index in [1.807, 2.05) is 6.07 Å². The molecular weight excluding hydrogens is 493 g/mol. The molecule has 1 aromatic heterocycles. The van der Waals surface area contributed by atoms with E-state index in [9.17, 15) is 9.59 Å². The van der Waals surface area contributed by atoms with Crippen molar-refractivity contribution in [2.24, 2.45) is 0 Å². The van der Waals surface area contributed by atoms with Gasteiger partial charge in [0.15, 0.2) is 4.34 Å². The summed E-state index contributed by atoms with van der Waals surface area (Å²) < 4.78 is 2.12. The number of halogens is 2. The van der Waals surface area contributed by atoms with Crippen LogP contribution >= 0.6 is 61.6 Å². The number of anilines is 1. The Hall–Kier alpha value is -0.720. The van der Waals surface area contributed by atoms with E-state index in [-0.39, 0.29) is 11.7 Å². The second-order valence-electron chi connectivity index (χ2n) is 3.63. The highest BCUT2D eigenvalue weighted by Gasteiger charge is 2.14. The molecule has 6 nitrogen and oxygen atoms in total. The SMILES string of the molecule is O=C(O)CSc1nnc(NC(=O)c2cc(I)ccc2Br)s1. The lowest BCUT2D eigenvalue weighted by atomic mass is 10.2. The van der Waals surface area contributed by atoms with Gasteiger partial charge in [-0.15, -0.1) is 10.2 Å². The number of aliphatic carboxylic acids is 1. The number of thioether (sulfide) groups is 1. The van der Waals surface area contributed by atoms with Crippen LogP contribution in [0.5, 0.6) is 0 Å². The van der Waals surface area contributed by atoms with E-state index in [0.717, 1.165) is 26.7 Å². The highest BCUT2D eigenvalue weighted by Crippen LogP contribution is 2.26. The van der Waals surface area contributed by atoms with Gasteiger partial charge >= 0.3 is 5.97 Å². The number of hydrogen-bond donors (Lipinski definition) is 2. The van der Waals surface area contributed by atoms with Crippen LogP contribution < -0.4 is 5.32 Å². The summed E-state index contributed by atoms with van der Waals surface area (Å²) in [6.45, 7) is 0. The van der Waals surface area contributed by atoms with Crippen LogP contribution in [0.4, 0.5) is 5.13 Å². The Morgan fingerprint density at radius 1 is 1.43 bits per heavy atom. The average Bonchev–Trinajstić information content (AvgIpc) is 2.86. The number of aromatic nitrogens is 2. The number of amides is 1. The van der Waals surface area contributed by atoms with Gasteiger partial charge in [-0.3, -0.25) is 14.9 Å². The second-order valence-corrected chi connectivity index (χ2v) is 7.93. The molecule has 1 aromatic carbocycles. The van der Waals surface area contributed by atoms with Gasteiger partial charge < -0.3 is 5.11 Å². The fourth-order valence-electron chi connectivity index (χ4n) is 1.28. The van der Waals surface area contributed by atoms with Gasteiger partial charge in [0.25, 0.3) is 5.91 Å². The van der Waals surface area contributed by atoms with Gasteiger partial charge in [-0.05, 0) is 56.7 Å². The second kappa shape index (κ2) is 7.51. The summed E-state index contributed by atoms with van der Waals surface area (Å²) in [5.41, 5.74) is 0.497. The van der Waals surface area contributed by atoms with Crippen molar-refractivity contribution in [1.82, 2.24) is 10.2 Å². The lowest BCUT2D eigenvalue weighted by Crippen LogP contribution is -2.12. The number of carbonyl (C=O) groups excluding carboxylic acids is 1. The maximum absolute atomic E-state index is 12.2. The van der Waals surface area contributed by atoms with Crippen LogP contribution in [0.1, 0.15) is 10.4 Å². The van der Waals surface area contributed by atoms with Crippen LogP contribution in [0.25, 0.3) is 0 Å². The summed E-state index contributed by atoms with van der Waals surface area (Å²) in [6.07, 6.45) is 0. The largest absolute Gasteiger partial charge is 0.481 e. The van der Waals surface area contributed by atoms with Gasteiger partial charge in [0, 0.05) is 8.04 Å². The molecule has 0 fully saturated rings. The van der Waals surface area contributed by atoms with Gasteiger partial charge in [0.2, 0.25) is 5.13 Å². The van der Waals surface area contributed by atoms with E-state index in [0.29, 0.717) is 19.5 Å². The van der Waals surface area contributed by atoms with E-state index in [2.05, 4.69) is 54.0 Å². The van der Waals surface area contributed by atoms with Gasteiger partial charge in [-0.2, -0.15) is 0 Å². The molecule has 0 bridgehead atoms. The fourth-order valence-corrected chi connectivity index (χ4v) is 3.66. The van der Waals surface area contributed by atoms with Gasteiger partial charge in [-0.25, -0.2) is 0 Å². The predicted molar refractivity (Wildman–Crippen MR) is 93.1 cm³/mol. The summed E-state index contributed by atoms with van der Waals surface area (Å²) in [7, 11) is 0. The van der Waals surface area contributed by atoms with Gasteiger partial charge in [0.1, 0.15) is 0 Å². The van der Waals surface area contributed by atoms with E-state index >= 15 is 0 Å². The van der Waals surface area contributed by atoms with Gasteiger partial charge in [-0.1, -0.05) is 23.1 Å². The number of carboxylic acids is 1. The highest BCUT2D eigenvalue weighted by atomic mass is 127. The summed E-state index contributed by atoms with van der Waals surface area (Å²) >= 11 is 7.64. The Kier molecular flexibility index (Phi) is 5.96. The minimum atomic E-state index is -0.927. The smallest absolute Gasteiger partial charge is 0.313 e. The number of nitrogens with zero attached hydrogens (tertiary/aromatic N) is 2. The van der Waals surface area contributed by atoms with Crippen LogP contribution in [-0.4, -0.2) is 32.9 Å². The number of nitrogens with one attached hydrogen (secondary N) is 1. The Morgan fingerprint density at radius 3 is 2.90 bits per heavy atom. The van der Waals surface area contributed by atoms with Crippen LogP contribution in [0.2, 0.25) is 0 Å². The molecule has 21 heavy (non-hydrogen) atoms. The van der Waals surface area contributed by atoms with Crippen molar-refractivity contribution in [1.29, 1.82) is 0 Å². The maximum atomic E-state index is 12.2. The van der Waals surface area contributed by atoms with Crippen molar-refractivity contribution >= 4 is 78.6 Å². The molecule has 2 rings (SSSR count). The number of carboxylic acid groups (broad SMARTS) is 1. The molecule has 1 amide bonds. The Balaban J connectivity index is 2.06. The first kappa shape index (κ1) is 16.6. The van der Waals surface area contributed by atoms with E-state index in [1.54, 1.807) is 12.1 Å². The summed E-state index contributed by atoms with van der Waals surface area (Å²) in [5.74, 6) is -1.32. The van der Waals surface area contributed by atoms with E-state index in [1.165, 1.54) is 0 Å². The lowest BCUT2D eigenvalue weighted by molar-refractivity contribution is -0.133. The van der Waals surface area contributed by atoms with Gasteiger partial charge in [0.05, 0.1) is 11.3 Å². The minimum Gasteiger partial charge on any atom is -0.481 e. The molecule has 0 aliphatic carbocycles. The molecule has 0 radical (unpaired) electrons. The molecule has 2 N–H and O–H groups in total. The Bertz CT molecular complexity index is 695. The average molecular weight is 500 g/mol. The molecule has 0 saturated heterocycles. The van der Waals surface area contributed by atoms with Crippen LogP contribution in [0.3, 0.4) is 0 Å². The highest BCUT2D eigenvalue weighted by molar-refractivity contribution is 14.1. The molecule has 0 atom stereocenters. The molecule has 110 valence electrons. The zero-order chi connectivity index (χ0) is 15.4. The molecule has 0 unspecified atom stereocenters. The van der Waals surface area contributed by atoms with Crippen molar-refractivity contribution in [3.05, 3.63) is 31.8 Å². The first-order valence-electron chi connectivity index (χ1n) is 5.40. The molecule has 0 spiro atoms. The third-order valence-corrected chi connectivity index (χ3v) is 5.44. The first-order chi connectivity index (χ1) is 9.95. The minimum absolute atomic E-state index is 0.0923. The zero-order valence-corrected chi connectivity index (χ0v) is 15.5. The van der Waals surface area contributed by atoms with Crippen molar-refractivity contribution in [2.45, 2.75) is 4.34 Å². The summed E-state index contributed by atoms with van der Waals surface area (Å²) in [4.78, 5) is 22.6. The maximum Gasteiger partial charge on any atom is 0.313 e. The third-order valence-electron chi connectivity index (χ3n) is 2.12. The van der Waals surface area contributed by atoms with Crippen LogP contribution in [0.15, 0.2) is 27.0 Å². The fraction of sp³-hybridized carbons (Fsp3) is 0.0909. The van der Waals surface area contributed by atoms with Crippen molar-refractivity contribution in [3.8, 4) is 0 Å². The monoisotopic (exact) mass is 499 g/mol. The molecular formula is C11H7BrIN3O3S2. The van der Waals surface area contributed by atoms with E-state index < -0.39 is 5.97 Å². The third kappa shape index (κ3) is 4.90. The number of carbonyl (C=O) groups is 2. The van der Waals surface area contributed by atoms with Crippen molar-refractivity contribution in [3.63, 3.8) is 0 Å². The van der Waals surface area contributed by atoms with Crippen LogP contribution in [0, 0.1) is 3.57 Å². The topological polar surface area (TPSA) is 92.2 Å². The summed E-state index contributed by atoms with van der Waals surface area (Å²) in [6, 6.07) is 5.43.